The fourth-order valence-corrected chi connectivity index (χ4v) is 10.8. The van der Waals surface area contributed by atoms with Crippen LogP contribution < -0.4 is 0 Å². The molecule has 8 atom stereocenters. The summed E-state index contributed by atoms with van der Waals surface area (Å²) in [7, 11) is -33.8. The number of hydrogen-bond acceptors (Lipinski definition) is 26. The number of carbonyl (C=O) groups is 4. The number of phosphoric ester groups is 7. The molecule has 69 heavy (non-hydrogen) atoms. The molecule has 402 valence electrons. The van der Waals surface area contributed by atoms with Crippen molar-refractivity contribution < 1.29 is 149 Å². The van der Waals surface area contributed by atoms with Crippen molar-refractivity contribution in [3.63, 3.8) is 0 Å². The molecule has 1 saturated heterocycles. The molecule has 2 aliphatic heterocycles. The normalized spacial score (nSPS) is 21.9. The number of nitrogens with zero attached hydrogens (tertiary/aromatic N) is 2. The first-order valence-electron chi connectivity index (χ1n) is 19.0. The minimum atomic E-state index is -4.93. The van der Waals surface area contributed by atoms with E-state index in [9.17, 15) is 85.4 Å². The van der Waals surface area contributed by atoms with E-state index in [0.717, 1.165) is 22.0 Å². The van der Waals surface area contributed by atoms with Gasteiger partial charge < -0.3 is 34.3 Å². The van der Waals surface area contributed by atoms with Crippen LogP contribution in [0.2, 0.25) is 0 Å². The smallest absolute Gasteiger partial charge is 0.302 e. The van der Waals surface area contributed by atoms with Crippen LogP contribution in [-0.2, 0) is 114 Å². The molecule has 2 aliphatic rings. The Kier molecular flexibility index (Phi) is 26.7. The van der Waals surface area contributed by atoms with Crippen molar-refractivity contribution in [3.8, 4) is 0 Å². The van der Waals surface area contributed by atoms with Gasteiger partial charge in [-0.25, -0.2) is 32.0 Å². The van der Waals surface area contributed by atoms with E-state index >= 15 is 0 Å². The van der Waals surface area contributed by atoms with E-state index in [1.54, 1.807) is 0 Å². The molecular weight excluding hydrogens is 1110 g/mol. The maximum absolute atomic E-state index is 12.6. The highest BCUT2D eigenvalue weighted by atomic mass is 32.2. The topological polar surface area (TPSA) is 465 Å². The molecule has 1 fully saturated rings. The lowest BCUT2D eigenvalue weighted by molar-refractivity contribution is -0.142. The summed E-state index contributed by atoms with van der Waals surface area (Å²) in [6.07, 6.45) is 1.78. The summed E-state index contributed by atoms with van der Waals surface area (Å²) in [5.41, 5.74) is -1.04. The standard InChI is InChI=1S/C27H51N2O32P7S/c1-27(2,3)61-68(46,47)59-19-18-57-66(42,43)55-15-14-53-64(38,39)51-11-10-49-62(34,35)48-8-9-50-63(36,37)52-12-13-54-65(40,41)56-16-17-58-67(44,45)60-21-69-22-20-25(32)29(26(22)33)7-6-28-23(30)4-5-24(28)31/h4-5,22H,6-21H2,1-3H3,(H,34,35)(H,36,37)(H,38,39)(H,40,41)(H,42,43)(H,44,45)(H,46,47). The zero-order valence-corrected chi connectivity index (χ0v) is 43.4. The number of imide groups is 2. The molecule has 0 aromatic heterocycles. The monoisotopic (exact) mass is 1160 g/mol. The molecule has 0 aliphatic carbocycles. The number of hydrogen-bond donors (Lipinski definition) is 7. The van der Waals surface area contributed by atoms with Crippen molar-refractivity contribution in [2.75, 3.05) is 98.3 Å². The predicted octanol–water partition coefficient (Wildman–Crippen LogP) is 1.46. The van der Waals surface area contributed by atoms with Crippen LogP contribution in [0.5, 0.6) is 0 Å². The molecule has 0 saturated carbocycles. The van der Waals surface area contributed by atoms with Gasteiger partial charge in [0.15, 0.2) is 0 Å². The average Bonchev–Trinajstić information content (AvgIpc) is 3.67. The predicted molar refractivity (Wildman–Crippen MR) is 226 cm³/mol. The van der Waals surface area contributed by atoms with Gasteiger partial charge in [-0.05, 0) is 20.8 Å². The van der Waals surface area contributed by atoms with Crippen LogP contribution in [0.4, 0.5) is 0 Å². The molecule has 0 aromatic carbocycles. The SMILES string of the molecule is CC(C)(C)OP(=O)(O)OCCOP(=O)(O)OCCOP(=O)(O)OCCOP(=O)(O)OCCOP(=O)(O)OCCOP(=O)(O)OCCOP(=O)(O)OCSC1CC(=O)N(CCN2C(=O)C=CC2=O)C1=O. The van der Waals surface area contributed by atoms with E-state index in [0.29, 0.717) is 11.8 Å². The van der Waals surface area contributed by atoms with Crippen LogP contribution in [0.15, 0.2) is 12.2 Å². The third-order valence-corrected chi connectivity index (χ3v) is 15.6. The third-order valence-electron chi connectivity index (χ3n) is 7.08. The molecule has 42 heteroatoms. The molecule has 0 radical (unpaired) electrons. The summed E-state index contributed by atoms with van der Waals surface area (Å²) in [6.45, 7) is -5.88. The lowest BCUT2D eigenvalue weighted by Crippen LogP contribution is -2.41. The van der Waals surface area contributed by atoms with Gasteiger partial charge in [0.05, 0.1) is 90.1 Å². The lowest BCUT2D eigenvalue weighted by atomic mass is 10.2. The summed E-state index contributed by atoms with van der Waals surface area (Å²) in [5, 5.41) is -1.01. The van der Waals surface area contributed by atoms with E-state index in [-0.39, 0.29) is 19.5 Å². The Bertz CT molecular complexity index is 2100. The second-order valence-corrected chi connectivity index (χ2v) is 24.9. The Hall–Kier alpha value is -0.860. The molecule has 8 unspecified atom stereocenters. The highest BCUT2D eigenvalue weighted by Gasteiger charge is 2.40. The molecule has 4 amide bonds. The number of amides is 4. The van der Waals surface area contributed by atoms with Gasteiger partial charge in [0.25, 0.3) is 11.8 Å². The fourth-order valence-electron chi connectivity index (χ4n) is 4.48. The number of carbonyl (C=O) groups excluding carboxylic acids is 4. The minimum Gasteiger partial charge on any atom is -0.302 e. The Labute approximate surface area is 396 Å². The maximum Gasteiger partial charge on any atom is 0.473 e. The number of rotatable bonds is 38. The van der Waals surface area contributed by atoms with E-state index in [4.69, 9.17) is 9.05 Å². The quantitative estimate of drug-likeness (QED) is 0.0199. The summed E-state index contributed by atoms with van der Waals surface area (Å²) in [5.74, 6) is -3.11. The van der Waals surface area contributed by atoms with Crippen LogP contribution in [0.25, 0.3) is 0 Å². The highest BCUT2D eigenvalue weighted by molar-refractivity contribution is 8.00. The van der Waals surface area contributed by atoms with E-state index in [1.807, 2.05) is 0 Å². The minimum absolute atomic E-state index is 0.227. The Morgan fingerprint density at radius 3 is 1.01 bits per heavy atom. The molecule has 34 nitrogen and oxygen atoms in total. The van der Waals surface area contributed by atoms with E-state index in [2.05, 4.69) is 54.3 Å². The van der Waals surface area contributed by atoms with Gasteiger partial charge in [-0.15, -0.1) is 11.8 Å². The molecule has 0 spiro atoms. The third kappa shape index (κ3) is 28.4. The van der Waals surface area contributed by atoms with Gasteiger partial charge in [0.1, 0.15) is 5.94 Å². The van der Waals surface area contributed by atoms with Gasteiger partial charge in [-0.2, -0.15) is 0 Å². The van der Waals surface area contributed by atoms with Crippen molar-refractivity contribution in [2.24, 2.45) is 0 Å². The maximum atomic E-state index is 12.6. The summed E-state index contributed by atoms with van der Waals surface area (Å²) < 4.78 is 147. The van der Waals surface area contributed by atoms with Gasteiger partial charge in [-0.1, -0.05) is 0 Å². The number of phosphoric acid groups is 7. The molecule has 0 bridgehead atoms. The van der Waals surface area contributed by atoms with Gasteiger partial charge in [-0.3, -0.25) is 92.3 Å². The van der Waals surface area contributed by atoms with Gasteiger partial charge >= 0.3 is 54.8 Å². The zero-order chi connectivity index (χ0) is 52.4. The van der Waals surface area contributed by atoms with Crippen LogP contribution in [0.1, 0.15) is 27.2 Å². The highest BCUT2D eigenvalue weighted by Crippen LogP contribution is 2.50. The number of likely N-dealkylation sites (tertiary alicyclic amines) is 1. The van der Waals surface area contributed by atoms with Crippen LogP contribution in [0.3, 0.4) is 0 Å². The van der Waals surface area contributed by atoms with Crippen molar-refractivity contribution in [3.05, 3.63) is 12.2 Å². The summed E-state index contributed by atoms with van der Waals surface area (Å²) in [4.78, 5) is 118. The summed E-state index contributed by atoms with van der Waals surface area (Å²) in [6, 6.07) is 0. The Morgan fingerprint density at radius 1 is 0.464 bits per heavy atom. The summed E-state index contributed by atoms with van der Waals surface area (Å²) >= 11 is 0.678. The number of thioether (sulfide) groups is 1. The van der Waals surface area contributed by atoms with Gasteiger partial charge in [0, 0.05) is 31.7 Å². The zero-order valence-electron chi connectivity index (χ0n) is 36.3. The van der Waals surface area contributed by atoms with E-state index < -0.39 is 174 Å². The molecule has 2 rings (SSSR count). The largest absolute Gasteiger partial charge is 0.473 e. The van der Waals surface area contributed by atoms with Crippen molar-refractivity contribution in [2.45, 2.75) is 38.0 Å². The Balaban J connectivity index is 1.53. The van der Waals surface area contributed by atoms with Crippen LogP contribution >= 0.6 is 66.5 Å². The van der Waals surface area contributed by atoms with Crippen molar-refractivity contribution in [1.29, 1.82) is 0 Å². The molecule has 0 aromatic rings. The van der Waals surface area contributed by atoms with Crippen LogP contribution in [-0.4, -0.2) is 177 Å². The first-order valence-corrected chi connectivity index (χ1v) is 30.5. The van der Waals surface area contributed by atoms with Crippen molar-refractivity contribution in [1.82, 2.24) is 9.80 Å². The second-order valence-electron chi connectivity index (χ2n) is 13.6. The molecule has 7 N–H and O–H groups in total. The second kappa shape index (κ2) is 28.7. The van der Waals surface area contributed by atoms with Crippen LogP contribution in [0, 0.1) is 0 Å². The first kappa shape index (κ1) is 64.3. The fraction of sp³-hybridized carbons (Fsp3) is 0.778. The first-order chi connectivity index (χ1) is 31.6. The average molecular weight is 1160 g/mol. The van der Waals surface area contributed by atoms with E-state index in [1.165, 1.54) is 20.8 Å². The molecule has 2 heterocycles. The van der Waals surface area contributed by atoms with Crippen molar-refractivity contribution >= 4 is 90.1 Å². The molecular formula is C27H51N2O32P7S. The Morgan fingerprint density at radius 2 is 0.725 bits per heavy atom. The van der Waals surface area contributed by atoms with Gasteiger partial charge in [0.2, 0.25) is 11.8 Å². The lowest BCUT2D eigenvalue weighted by Gasteiger charge is -2.22.